The molecule has 1 fully saturated rings. The molecule has 29 heavy (non-hydrogen) atoms. The van der Waals surface area contributed by atoms with Gasteiger partial charge in [0.25, 0.3) is 5.91 Å². The van der Waals surface area contributed by atoms with Crippen LogP contribution in [0.2, 0.25) is 0 Å². The molecular weight excluding hydrogens is 376 g/mol. The Morgan fingerprint density at radius 1 is 1.21 bits per heavy atom. The molecule has 0 aliphatic carbocycles. The monoisotopic (exact) mass is 396 g/mol. The SMILES string of the molecule is COC(=O)C(N)Cc1ccc(Oc2ccc(C=C3OC(=O)NC3=O)cc2C)cc1. The van der Waals surface area contributed by atoms with Gasteiger partial charge in [-0.15, -0.1) is 0 Å². The molecule has 1 aliphatic heterocycles. The first-order valence-electron chi connectivity index (χ1n) is 8.81. The van der Waals surface area contributed by atoms with E-state index in [0.29, 0.717) is 23.5 Å². The molecule has 2 amide bonds. The van der Waals surface area contributed by atoms with Gasteiger partial charge >= 0.3 is 12.1 Å². The summed E-state index contributed by atoms with van der Waals surface area (Å²) in [5, 5.41) is 2.04. The summed E-state index contributed by atoms with van der Waals surface area (Å²) in [6.45, 7) is 1.86. The quantitative estimate of drug-likeness (QED) is 0.569. The number of ether oxygens (including phenoxy) is 3. The molecule has 2 aromatic carbocycles. The zero-order valence-corrected chi connectivity index (χ0v) is 15.9. The highest BCUT2D eigenvalue weighted by Gasteiger charge is 2.25. The number of esters is 1. The Kier molecular flexibility index (Phi) is 5.94. The van der Waals surface area contributed by atoms with Crippen molar-refractivity contribution in [2.45, 2.75) is 19.4 Å². The minimum Gasteiger partial charge on any atom is -0.468 e. The lowest BCUT2D eigenvalue weighted by Crippen LogP contribution is -2.33. The lowest BCUT2D eigenvalue weighted by atomic mass is 10.1. The summed E-state index contributed by atoms with van der Waals surface area (Å²) in [5.74, 6) is 0.183. The van der Waals surface area contributed by atoms with Crippen molar-refractivity contribution in [2.24, 2.45) is 5.73 Å². The van der Waals surface area contributed by atoms with Crippen molar-refractivity contribution in [3.63, 3.8) is 0 Å². The Hall–Kier alpha value is -3.65. The minimum absolute atomic E-state index is 0.0520. The molecule has 1 aliphatic rings. The third kappa shape index (κ3) is 4.99. The maximum Gasteiger partial charge on any atom is 0.419 e. The largest absolute Gasteiger partial charge is 0.468 e. The van der Waals surface area contributed by atoms with E-state index in [1.165, 1.54) is 13.2 Å². The molecule has 0 spiro atoms. The number of benzene rings is 2. The lowest BCUT2D eigenvalue weighted by Gasteiger charge is -2.12. The topological polar surface area (TPSA) is 117 Å². The molecule has 1 unspecified atom stereocenters. The fourth-order valence-electron chi connectivity index (χ4n) is 2.76. The summed E-state index contributed by atoms with van der Waals surface area (Å²) in [6.07, 6.45) is 1.07. The van der Waals surface area contributed by atoms with E-state index in [4.69, 9.17) is 15.2 Å². The first kappa shape index (κ1) is 20.1. The third-order valence-electron chi connectivity index (χ3n) is 4.25. The van der Waals surface area contributed by atoms with E-state index in [1.807, 2.05) is 30.4 Å². The molecule has 8 nitrogen and oxygen atoms in total. The van der Waals surface area contributed by atoms with Crippen molar-refractivity contribution in [3.8, 4) is 11.5 Å². The summed E-state index contributed by atoms with van der Waals surface area (Å²) >= 11 is 0. The van der Waals surface area contributed by atoms with Crippen molar-refractivity contribution >= 4 is 24.0 Å². The Labute approximate surface area is 167 Å². The van der Waals surface area contributed by atoms with Gasteiger partial charge in [-0.25, -0.2) is 4.79 Å². The maximum atomic E-state index is 11.5. The number of carbonyl (C=O) groups excluding carboxylic acids is 3. The highest BCUT2D eigenvalue weighted by molar-refractivity contribution is 6.09. The van der Waals surface area contributed by atoms with Gasteiger partial charge in [-0.3, -0.25) is 14.9 Å². The summed E-state index contributed by atoms with van der Waals surface area (Å²) in [6, 6.07) is 11.9. The molecular formula is C21H20N2O6. The average molecular weight is 396 g/mol. The van der Waals surface area contributed by atoms with E-state index in [-0.39, 0.29) is 5.76 Å². The molecule has 3 rings (SSSR count). The van der Waals surface area contributed by atoms with Crippen LogP contribution in [-0.4, -0.2) is 31.1 Å². The second-order valence-electron chi connectivity index (χ2n) is 6.46. The van der Waals surface area contributed by atoms with Gasteiger partial charge in [0.05, 0.1) is 7.11 Å². The van der Waals surface area contributed by atoms with E-state index in [0.717, 1.165) is 11.1 Å². The first-order valence-corrected chi connectivity index (χ1v) is 8.81. The molecule has 2 aromatic rings. The second kappa shape index (κ2) is 8.57. The molecule has 1 saturated heterocycles. The van der Waals surface area contributed by atoms with Crippen molar-refractivity contribution in [1.29, 1.82) is 0 Å². The number of amides is 2. The number of nitrogens with two attached hydrogens (primary N) is 1. The van der Waals surface area contributed by atoms with E-state index in [1.54, 1.807) is 24.3 Å². The smallest absolute Gasteiger partial charge is 0.419 e. The molecule has 1 heterocycles. The van der Waals surface area contributed by atoms with Crippen molar-refractivity contribution < 1.29 is 28.6 Å². The number of rotatable bonds is 6. The zero-order chi connectivity index (χ0) is 21.0. The van der Waals surface area contributed by atoms with Gasteiger partial charge in [0.15, 0.2) is 5.76 Å². The van der Waals surface area contributed by atoms with E-state index < -0.39 is 24.0 Å². The molecule has 0 aromatic heterocycles. The van der Waals surface area contributed by atoms with Gasteiger partial charge in [0.1, 0.15) is 17.5 Å². The summed E-state index contributed by atoms with van der Waals surface area (Å²) in [5.41, 5.74) is 8.18. The van der Waals surface area contributed by atoms with Crippen LogP contribution in [0, 0.1) is 6.92 Å². The van der Waals surface area contributed by atoms with Gasteiger partial charge in [0.2, 0.25) is 0 Å². The van der Waals surface area contributed by atoms with Crippen LogP contribution in [0.4, 0.5) is 4.79 Å². The highest BCUT2D eigenvalue weighted by atomic mass is 16.6. The van der Waals surface area contributed by atoms with Crippen LogP contribution in [0.15, 0.2) is 48.2 Å². The minimum atomic E-state index is -0.783. The molecule has 8 heteroatoms. The number of methoxy groups -OCH3 is 1. The Balaban J connectivity index is 1.67. The van der Waals surface area contributed by atoms with Gasteiger partial charge in [-0.2, -0.15) is 0 Å². The predicted octanol–water partition coefficient (Wildman–Crippen LogP) is 2.44. The highest BCUT2D eigenvalue weighted by Crippen LogP contribution is 2.27. The fourth-order valence-corrected chi connectivity index (χ4v) is 2.76. The van der Waals surface area contributed by atoms with Crippen molar-refractivity contribution in [3.05, 3.63) is 64.9 Å². The van der Waals surface area contributed by atoms with Crippen LogP contribution in [0.5, 0.6) is 11.5 Å². The van der Waals surface area contributed by atoms with E-state index in [9.17, 15) is 14.4 Å². The molecule has 3 N–H and O–H groups in total. The van der Waals surface area contributed by atoms with Crippen molar-refractivity contribution in [1.82, 2.24) is 5.32 Å². The standard InChI is InChI=1S/C21H20N2O6/c1-12-9-14(11-18-19(24)23-21(26)29-18)5-8-17(12)28-15-6-3-13(4-7-15)10-16(22)20(25)27-2/h3-9,11,16H,10,22H2,1-2H3,(H,23,24,26). The fraction of sp³-hybridized carbons (Fsp3) is 0.190. The van der Waals surface area contributed by atoms with Crippen LogP contribution in [0.3, 0.4) is 0 Å². The number of cyclic esters (lactones) is 1. The lowest BCUT2D eigenvalue weighted by molar-refractivity contribution is -0.142. The number of hydrogen-bond acceptors (Lipinski definition) is 7. The number of alkyl carbamates (subject to hydrolysis) is 1. The summed E-state index contributed by atoms with van der Waals surface area (Å²) < 4.78 is 15.3. The number of aryl methyl sites for hydroxylation is 1. The van der Waals surface area contributed by atoms with E-state index in [2.05, 4.69) is 4.74 Å². The van der Waals surface area contributed by atoms with Crippen LogP contribution in [0.1, 0.15) is 16.7 Å². The number of carbonyl (C=O) groups is 3. The average Bonchev–Trinajstić information content (AvgIpc) is 3.01. The van der Waals surface area contributed by atoms with Gasteiger partial charge in [0, 0.05) is 0 Å². The Morgan fingerprint density at radius 2 is 1.93 bits per heavy atom. The van der Waals surface area contributed by atoms with Gasteiger partial charge < -0.3 is 19.9 Å². The summed E-state index contributed by atoms with van der Waals surface area (Å²) in [4.78, 5) is 34.0. The zero-order valence-electron chi connectivity index (χ0n) is 15.9. The Morgan fingerprint density at radius 3 is 2.52 bits per heavy atom. The van der Waals surface area contributed by atoms with Crippen LogP contribution >= 0.6 is 0 Å². The maximum absolute atomic E-state index is 11.5. The molecule has 0 saturated carbocycles. The molecule has 0 radical (unpaired) electrons. The normalized spacial score (nSPS) is 15.6. The van der Waals surface area contributed by atoms with E-state index >= 15 is 0 Å². The molecule has 150 valence electrons. The van der Waals surface area contributed by atoms with Crippen LogP contribution < -0.4 is 15.8 Å². The van der Waals surface area contributed by atoms with Gasteiger partial charge in [-0.1, -0.05) is 18.2 Å². The number of hydrogen-bond donors (Lipinski definition) is 2. The predicted molar refractivity (Wildman–Crippen MR) is 104 cm³/mol. The van der Waals surface area contributed by atoms with Crippen LogP contribution in [0.25, 0.3) is 6.08 Å². The van der Waals surface area contributed by atoms with Crippen LogP contribution in [-0.2, 0) is 25.5 Å². The Bertz CT molecular complexity index is 981. The first-order chi connectivity index (χ1) is 13.9. The van der Waals surface area contributed by atoms with Crippen molar-refractivity contribution in [2.75, 3.05) is 7.11 Å². The number of nitrogens with one attached hydrogen (secondary N) is 1. The second-order valence-corrected chi connectivity index (χ2v) is 6.46. The molecule has 0 bridgehead atoms. The third-order valence-corrected chi connectivity index (χ3v) is 4.25. The van der Waals surface area contributed by atoms with Gasteiger partial charge in [-0.05, 0) is 60.4 Å². The molecule has 1 atom stereocenters. The number of imide groups is 1. The summed E-state index contributed by atoms with van der Waals surface area (Å²) in [7, 11) is 1.30.